The number of hydrogen-bond acceptors (Lipinski definition) is 6. The third kappa shape index (κ3) is 7.30. The lowest BCUT2D eigenvalue weighted by Gasteiger charge is -2.38. The molecule has 2 heterocycles. The molecule has 0 radical (unpaired) electrons. The molecule has 0 amide bonds. The van der Waals surface area contributed by atoms with Crippen LogP contribution < -0.4 is 10.5 Å². The maximum Gasteiger partial charge on any atom is 0.303 e. The summed E-state index contributed by atoms with van der Waals surface area (Å²) in [6.07, 6.45) is 6.08. The fraction of sp³-hybridized carbons (Fsp3) is 0.615. The first-order valence-electron chi connectivity index (χ1n) is 12.3. The van der Waals surface area contributed by atoms with Crippen LogP contribution in [0.25, 0.3) is 10.9 Å². The van der Waals surface area contributed by atoms with Crippen LogP contribution in [0.1, 0.15) is 57.1 Å². The van der Waals surface area contributed by atoms with Crippen molar-refractivity contribution < 1.29 is 19.0 Å². The smallest absolute Gasteiger partial charge is 0.303 e. The minimum atomic E-state index is -0.752. The summed E-state index contributed by atoms with van der Waals surface area (Å²) >= 11 is 1.99. The number of piperidine rings is 1. The molecule has 1 fully saturated rings. The van der Waals surface area contributed by atoms with Gasteiger partial charge in [-0.1, -0.05) is 6.92 Å². The molecule has 3 rings (SSSR count). The number of nitrogens with zero attached hydrogens (tertiary/aromatic N) is 2. The molecule has 0 aliphatic carbocycles. The zero-order chi connectivity index (χ0) is 24.5. The average Bonchev–Trinajstić information content (AvgIpc) is 2.82. The molecule has 3 unspecified atom stereocenters. The van der Waals surface area contributed by atoms with Crippen molar-refractivity contribution in [2.75, 3.05) is 38.2 Å². The van der Waals surface area contributed by atoms with Gasteiger partial charge in [-0.25, -0.2) is 4.39 Å². The van der Waals surface area contributed by atoms with Crippen molar-refractivity contribution in [3.63, 3.8) is 0 Å². The molecule has 3 atom stereocenters. The first-order chi connectivity index (χ1) is 16.4. The molecule has 188 valence electrons. The Morgan fingerprint density at radius 1 is 1.38 bits per heavy atom. The van der Waals surface area contributed by atoms with Gasteiger partial charge in [-0.15, -0.1) is 0 Å². The molecule has 0 spiro atoms. The predicted octanol–water partition coefficient (Wildman–Crippen LogP) is 5.11. The highest BCUT2D eigenvalue weighted by molar-refractivity contribution is 7.99. The Balaban J connectivity index is 1.63. The Morgan fingerprint density at radius 3 is 2.94 bits per heavy atom. The van der Waals surface area contributed by atoms with Crippen molar-refractivity contribution in [2.45, 2.75) is 51.5 Å². The summed E-state index contributed by atoms with van der Waals surface area (Å²) in [4.78, 5) is 18.1. The van der Waals surface area contributed by atoms with E-state index in [9.17, 15) is 14.3 Å². The molecule has 8 heteroatoms. The van der Waals surface area contributed by atoms with Gasteiger partial charge in [-0.2, -0.15) is 11.8 Å². The van der Waals surface area contributed by atoms with Crippen LogP contribution in [-0.4, -0.2) is 59.2 Å². The Bertz CT molecular complexity index is 945. The number of likely N-dealkylation sites (tertiary alicyclic amines) is 1. The average molecular weight is 492 g/mol. The number of pyridine rings is 1. The molecule has 1 aliphatic rings. The number of aliphatic carboxylic acids is 1. The lowest BCUT2D eigenvalue weighted by molar-refractivity contribution is -0.139. The van der Waals surface area contributed by atoms with Crippen LogP contribution in [-0.2, 0) is 4.79 Å². The van der Waals surface area contributed by atoms with Crippen molar-refractivity contribution in [1.29, 1.82) is 0 Å². The number of thioether (sulfide) groups is 1. The van der Waals surface area contributed by atoms with Crippen molar-refractivity contribution >= 4 is 28.6 Å². The second kappa shape index (κ2) is 13.3. The first-order valence-corrected chi connectivity index (χ1v) is 13.5. The standard InChI is InChI=1S/C26H38FN3O3S/c1-3-12-34-13-4-10-30-11-9-18(19(17-30)14-25(31)32)5-7-23(28)26-21-15-20(33-2)6-8-24(21)29-16-22(26)27/h6,8,15-16,18-19,23H,3-5,7,9-14,17,28H2,1-2H3,(H,31,32). The number of rotatable bonds is 13. The van der Waals surface area contributed by atoms with Gasteiger partial charge in [0.15, 0.2) is 0 Å². The number of ether oxygens (including phenoxy) is 1. The zero-order valence-corrected chi connectivity index (χ0v) is 21.2. The Hall–Kier alpha value is -1.90. The lowest BCUT2D eigenvalue weighted by atomic mass is 9.79. The fourth-order valence-electron chi connectivity index (χ4n) is 5.04. The monoisotopic (exact) mass is 491 g/mol. The second-order valence-corrected chi connectivity index (χ2v) is 10.5. The number of carboxylic acids is 1. The summed E-state index contributed by atoms with van der Waals surface area (Å²) < 4.78 is 20.1. The summed E-state index contributed by atoms with van der Waals surface area (Å²) in [5.74, 6) is 2.20. The number of methoxy groups -OCH3 is 1. The van der Waals surface area contributed by atoms with Crippen molar-refractivity contribution in [1.82, 2.24) is 9.88 Å². The number of carbonyl (C=O) groups is 1. The van der Waals surface area contributed by atoms with Gasteiger partial charge in [0, 0.05) is 30.0 Å². The van der Waals surface area contributed by atoms with Crippen LogP contribution in [0.5, 0.6) is 5.75 Å². The molecule has 34 heavy (non-hydrogen) atoms. The van der Waals surface area contributed by atoms with Crippen molar-refractivity contribution in [3.8, 4) is 5.75 Å². The lowest BCUT2D eigenvalue weighted by Crippen LogP contribution is -2.42. The van der Waals surface area contributed by atoms with Crippen LogP contribution in [0.2, 0.25) is 0 Å². The summed E-state index contributed by atoms with van der Waals surface area (Å²) in [5.41, 5.74) is 7.65. The minimum Gasteiger partial charge on any atom is -0.497 e. The summed E-state index contributed by atoms with van der Waals surface area (Å²) in [6, 6.07) is 4.90. The van der Waals surface area contributed by atoms with Gasteiger partial charge < -0.3 is 20.5 Å². The van der Waals surface area contributed by atoms with Gasteiger partial charge in [0.05, 0.1) is 18.8 Å². The van der Waals surface area contributed by atoms with Gasteiger partial charge >= 0.3 is 5.97 Å². The topological polar surface area (TPSA) is 88.7 Å². The van der Waals surface area contributed by atoms with Gasteiger partial charge in [0.2, 0.25) is 0 Å². The molecule has 1 aliphatic heterocycles. The maximum atomic E-state index is 14.8. The molecular weight excluding hydrogens is 453 g/mol. The summed E-state index contributed by atoms with van der Waals surface area (Å²) in [6.45, 7) is 5.02. The molecule has 1 aromatic carbocycles. The van der Waals surface area contributed by atoms with E-state index in [1.807, 2.05) is 17.8 Å². The van der Waals surface area contributed by atoms with E-state index in [-0.39, 0.29) is 18.3 Å². The molecule has 3 N–H and O–H groups in total. The highest BCUT2D eigenvalue weighted by Crippen LogP contribution is 2.35. The number of nitrogens with two attached hydrogens (primary N) is 1. The zero-order valence-electron chi connectivity index (χ0n) is 20.3. The number of halogens is 1. The van der Waals surface area contributed by atoms with E-state index in [1.54, 1.807) is 19.2 Å². The molecule has 1 aromatic heterocycles. The van der Waals surface area contributed by atoms with Crippen molar-refractivity contribution in [2.24, 2.45) is 17.6 Å². The fourth-order valence-corrected chi connectivity index (χ4v) is 5.87. The number of aromatic nitrogens is 1. The highest BCUT2D eigenvalue weighted by Gasteiger charge is 2.31. The third-order valence-corrected chi connectivity index (χ3v) is 8.09. The quantitative estimate of drug-likeness (QED) is 0.377. The summed E-state index contributed by atoms with van der Waals surface area (Å²) in [5, 5.41) is 10.2. The third-order valence-electron chi connectivity index (χ3n) is 6.81. The Morgan fingerprint density at radius 2 is 2.21 bits per heavy atom. The van der Waals surface area contributed by atoms with Gasteiger partial charge in [-0.05, 0) is 86.7 Å². The first kappa shape index (κ1) is 26.7. The Labute approximate surface area is 206 Å². The Kier molecular flexibility index (Phi) is 10.4. The van der Waals surface area contributed by atoms with E-state index in [1.165, 1.54) is 18.4 Å². The molecule has 0 saturated carbocycles. The van der Waals surface area contributed by atoms with E-state index < -0.39 is 17.8 Å². The molecular formula is C26H38FN3O3S. The molecule has 2 aromatic rings. The normalized spacial score (nSPS) is 19.9. The van der Waals surface area contributed by atoms with Gasteiger partial charge in [0.25, 0.3) is 0 Å². The molecule has 0 bridgehead atoms. The van der Waals surface area contributed by atoms with Crippen LogP contribution in [0, 0.1) is 17.7 Å². The van der Waals surface area contributed by atoms with E-state index in [2.05, 4.69) is 16.8 Å². The largest absolute Gasteiger partial charge is 0.497 e. The number of benzene rings is 1. The van der Waals surface area contributed by atoms with Gasteiger partial charge in [-0.3, -0.25) is 9.78 Å². The van der Waals surface area contributed by atoms with Crippen LogP contribution in [0.3, 0.4) is 0 Å². The van der Waals surface area contributed by atoms with Crippen LogP contribution in [0.4, 0.5) is 4.39 Å². The van der Waals surface area contributed by atoms with E-state index in [4.69, 9.17) is 10.5 Å². The van der Waals surface area contributed by atoms with Crippen molar-refractivity contribution in [3.05, 3.63) is 35.8 Å². The van der Waals surface area contributed by atoms with E-state index >= 15 is 0 Å². The highest BCUT2D eigenvalue weighted by atomic mass is 32.2. The van der Waals surface area contributed by atoms with Gasteiger partial charge in [0.1, 0.15) is 11.6 Å². The van der Waals surface area contributed by atoms with Crippen LogP contribution >= 0.6 is 11.8 Å². The number of carboxylic acid groups (broad SMARTS) is 1. The summed E-state index contributed by atoms with van der Waals surface area (Å²) in [7, 11) is 1.58. The predicted molar refractivity (Wildman–Crippen MR) is 137 cm³/mol. The molecule has 6 nitrogen and oxygen atoms in total. The molecule has 1 saturated heterocycles. The van der Waals surface area contributed by atoms with E-state index in [0.29, 0.717) is 28.6 Å². The maximum absolute atomic E-state index is 14.8. The van der Waals surface area contributed by atoms with E-state index in [0.717, 1.165) is 44.6 Å². The number of fused-ring (bicyclic) bond motifs is 1. The number of hydrogen-bond donors (Lipinski definition) is 2. The van der Waals surface area contributed by atoms with Crippen LogP contribution in [0.15, 0.2) is 24.4 Å². The minimum absolute atomic E-state index is 0.0980. The SMILES string of the molecule is CCCSCCCN1CCC(CCC(N)c2c(F)cnc3ccc(OC)cc23)C(CC(=O)O)C1. The second-order valence-electron chi connectivity index (χ2n) is 9.26.